The molecule has 2 unspecified atom stereocenters. The van der Waals surface area contributed by atoms with Crippen molar-refractivity contribution in [2.24, 2.45) is 5.92 Å². The molecule has 3 atom stereocenters. The third kappa shape index (κ3) is 7.43. The van der Waals surface area contributed by atoms with E-state index in [0.29, 0.717) is 6.42 Å². The Morgan fingerprint density at radius 2 is 1.62 bits per heavy atom. The molecular formula is C16H28N2O6. The largest absolute Gasteiger partial charge is 0.467 e. The highest BCUT2D eigenvalue weighted by molar-refractivity contribution is 6.05. The minimum absolute atomic E-state index is 0.234. The predicted molar refractivity (Wildman–Crippen MR) is 87.2 cm³/mol. The molecule has 8 nitrogen and oxygen atoms in total. The number of Topliss-reactive ketones (excluding diaryl/α,β-unsaturated/α-hetero) is 1. The van der Waals surface area contributed by atoms with Crippen molar-refractivity contribution in [2.45, 2.75) is 65.6 Å². The standard InChI is InChI=1S/C16H28N2O6/c1-8-9(2)11(18-15(22)24-16(4,5)6)13(20)17-12(10(3)19)14(21)23-7/h9,11-12H,8H2,1-7H3,(H,17,20)(H,18,22)/t9?,11-,12?/m0/s1. The van der Waals surface area contributed by atoms with Crippen LogP contribution in [0.4, 0.5) is 4.79 Å². The van der Waals surface area contributed by atoms with E-state index in [9.17, 15) is 19.2 Å². The summed E-state index contributed by atoms with van der Waals surface area (Å²) in [7, 11) is 1.12. The number of ether oxygens (including phenoxy) is 2. The number of nitrogens with one attached hydrogen (secondary N) is 2. The summed E-state index contributed by atoms with van der Waals surface area (Å²) in [4.78, 5) is 47.5. The number of esters is 1. The van der Waals surface area contributed by atoms with Crippen molar-refractivity contribution in [1.82, 2.24) is 10.6 Å². The fraction of sp³-hybridized carbons (Fsp3) is 0.750. The molecule has 0 saturated carbocycles. The number of ketones is 1. The molecule has 0 rings (SSSR count). The van der Waals surface area contributed by atoms with Crippen LogP contribution >= 0.6 is 0 Å². The van der Waals surface area contributed by atoms with Gasteiger partial charge in [0.15, 0.2) is 11.8 Å². The maximum Gasteiger partial charge on any atom is 0.408 e. The van der Waals surface area contributed by atoms with Crippen LogP contribution in [0.25, 0.3) is 0 Å². The molecule has 0 aliphatic heterocycles. The molecule has 0 bridgehead atoms. The monoisotopic (exact) mass is 344 g/mol. The van der Waals surface area contributed by atoms with E-state index in [4.69, 9.17) is 4.74 Å². The third-order valence-electron chi connectivity index (χ3n) is 3.30. The number of carbonyl (C=O) groups is 4. The maximum atomic E-state index is 12.4. The van der Waals surface area contributed by atoms with Crippen LogP contribution in [0, 0.1) is 5.92 Å². The van der Waals surface area contributed by atoms with Crippen molar-refractivity contribution in [3.63, 3.8) is 0 Å². The number of hydrogen-bond acceptors (Lipinski definition) is 6. The highest BCUT2D eigenvalue weighted by atomic mass is 16.6. The number of alkyl carbamates (subject to hydrolysis) is 1. The summed E-state index contributed by atoms with van der Waals surface area (Å²) in [5.74, 6) is -2.31. The zero-order valence-electron chi connectivity index (χ0n) is 15.4. The highest BCUT2D eigenvalue weighted by Gasteiger charge is 2.33. The van der Waals surface area contributed by atoms with Gasteiger partial charge in [-0.05, 0) is 33.6 Å². The van der Waals surface area contributed by atoms with Crippen LogP contribution in [0.3, 0.4) is 0 Å². The first-order valence-corrected chi connectivity index (χ1v) is 7.81. The molecule has 0 radical (unpaired) electrons. The molecule has 138 valence electrons. The van der Waals surface area contributed by atoms with Gasteiger partial charge < -0.3 is 20.1 Å². The Hall–Kier alpha value is -2.12. The van der Waals surface area contributed by atoms with Crippen molar-refractivity contribution >= 4 is 23.8 Å². The Labute approximate surface area is 142 Å². The van der Waals surface area contributed by atoms with Crippen LogP contribution in [0.1, 0.15) is 48.0 Å². The number of amides is 2. The smallest absolute Gasteiger partial charge is 0.408 e. The van der Waals surface area contributed by atoms with Crippen LogP contribution in [-0.2, 0) is 23.9 Å². The Kier molecular flexibility index (Phi) is 8.43. The van der Waals surface area contributed by atoms with Gasteiger partial charge in [-0.3, -0.25) is 9.59 Å². The summed E-state index contributed by atoms with van der Waals surface area (Å²) >= 11 is 0. The van der Waals surface area contributed by atoms with Crippen molar-refractivity contribution in [2.75, 3.05) is 7.11 Å². The van der Waals surface area contributed by atoms with Crippen molar-refractivity contribution in [3.05, 3.63) is 0 Å². The van der Waals surface area contributed by atoms with Gasteiger partial charge in [0.25, 0.3) is 0 Å². The maximum absolute atomic E-state index is 12.4. The Morgan fingerprint density at radius 3 is 2.00 bits per heavy atom. The summed E-state index contributed by atoms with van der Waals surface area (Å²) in [5, 5.41) is 4.81. The normalized spacial score (nSPS) is 14.8. The summed E-state index contributed by atoms with van der Waals surface area (Å²) < 4.78 is 9.65. The van der Waals surface area contributed by atoms with Crippen molar-refractivity contribution in [1.29, 1.82) is 0 Å². The second-order valence-electron chi connectivity index (χ2n) is 6.58. The lowest BCUT2D eigenvalue weighted by molar-refractivity contribution is -0.148. The molecule has 0 aromatic carbocycles. The quantitative estimate of drug-likeness (QED) is 0.530. The number of rotatable bonds is 7. The first kappa shape index (κ1) is 21.9. The molecule has 0 aliphatic carbocycles. The molecule has 0 fully saturated rings. The van der Waals surface area contributed by atoms with E-state index in [1.165, 1.54) is 6.92 Å². The number of methoxy groups -OCH3 is 1. The van der Waals surface area contributed by atoms with Gasteiger partial charge in [0.05, 0.1) is 7.11 Å². The first-order valence-electron chi connectivity index (χ1n) is 7.81. The van der Waals surface area contributed by atoms with E-state index in [2.05, 4.69) is 15.4 Å². The predicted octanol–water partition coefficient (Wildman–Crippen LogP) is 1.17. The van der Waals surface area contributed by atoms with Crippen molar-refractivity contribution in [3.8, 4) is 0 Å². The molecule has 0 saturated heterocycles. The minimum Gasteiger partial charge on any atom is -0.467 e. The molecule has 0 aromatic heterocycles. The van der Waals surface area contributed by atoms with E-state index < -0.39 is 41.4 Å². The summed E-state index contributed by atoms with van der Waals surface area (Å²) in [6.45, 7) is 9.89. The van der Waals surface area contributed by atoms with E-state index >= 15 is 0 Å². The van der Waals surface area contributed by atoms with E-state index in [0.717, 1.165) is 7.11 Å². The average Bonchev–Trinajstić information content (AvgIpc) is 2.46. The van der Waals surface area contributed by atoms with E-state index in [1.54, 1.807) is 27.7 Å². The fourth-order valence-corrected chi connectivity index (χ4v) is 1.81. The Bertz CT molecular complexity index is 483. The van der Waals surface area contributed by atoms with Gasteiger partial charge in [0.2, 0.25) is 5.91 Å². The van der Waals surface area contributed by atoms with Gasteiger partial charge >= 0.3 is 12.1 Å². The molecule has 0 aromatic rings. The molecule has 24 heavy (non-hydrogen) atoms. The van der Waals surface area contributed by atoms with Gasteiger partial charge in [-0.2, -0.15) is 0 Å². The lowest BCUT2D eigenvalue weighted by Gasteiger charge is -2.27. The van der Waals surface area contributed by atoms with Gasteiger partial charge in [0, 0.05) is 0 Å². The van der Waals surface area contributed by atoms with Crippen LogP contribution in [0.2, 0.25) is 0 Å². The average molecular weight is 344 g/mol. The minimum atomic E-state index is -1.41. The number of hydrogen-bond donors (Lipinski definition) is 2. The summed E-state index contributed by atoms with van der Waals surface area (Å²) in [6, 6.07) is -2.36. The SMILES string of the molecule is CCC(C)[C@H](NC(=O)OC(C)(C)C)C(=O)NC(C(C)=O)C(=O)OC. The second kappa shape index (κ2) is 9.24. The van der Waals surface area contributed by atoms with Crippen LogP contribution in [0.15, 0.2) is 0 Å². The van der Waals surface area contributed by atoms with Gasteiger partial charge in [-0.1, -0.05) is 20.3 Å². The molecule has 0 spiro atoms. The summed E-state index contributed by atoms with van der Waals surface area (Å²) in [5.41, 5.74) is -0.714. The van der Waals surface area contributed by atoms with E-state index in [-0.39, 0.29) is 5.92 Å². The zero-order valence-corrected chi connectivity index (χ0v) is 15.4. The molecule has 2 N–H and O–H groups in total. The van der Waals surface area contributed by atoms with E-state index in [1.807, 2.05) is 6.92 Å². The highest BCUT2D eigenvalue weighted by Crippen LogP contribution is 2.11. The lowest BCUT2D eigenvalue weighted by Crippen LogP contribution is -2.56. The molecule has 2 amide bonds. The van der Waals surface area contributed by atoms with Crippen molar-refractivity contribution < 1.29 is 28.7 Å². The second-order valence-corrected chi connectivity index (χ2v) is 6.58. The van der Waals surface area contributed by atoms with Crippen LogP contribution < -0.4 is 10.6 Å². The Balaban J connectivity index is 5.17. The first-order chi connectivity index (χ1) is 10.9. The molecule has 8 heteroatoms. The Morgan fingerprint density at radius 1 is 1.08 bits per heavy atom. The number of carbonyl (C=O) groups excluding carboxylic acids is 4. The molecular weight excluding hydrogens is 316 g/mol. The van der Waals surface area contributed by atoms with Gasteiger partial charge in [-0.25, -0.2) is 9.59 Å². The van der Waals surface area contributed by atoms with Crippen LogP contribution in [0.5, 0.6) is 0 Å². The molecule has 0 aliphatic rings. The zero-order chi connectivity index (χ0) is 19.1. The lowest BCUT2D eigenvalue weighted by atomic mass is 9.98. The molecule has 0 heterocycles. The van der Waals surface area contributed by atoms with Gasteiger partial charge in [-0.15, -0.1) is 0 Å². The van der Waals surface area contributed by atoms with Crippen LogP contribution in [-0.4, -0.2) is 48.5 Å². The topological polar surface area (TPSA) is 111 Å². The third-order valence-corrected chi connectivity index (χ3v) is 3.30. The summed E-state index contributed by atoms with van der Waals surface area (Å²) in [6.07, 6.45) is -0.156. The fourth-order valence-electron chi connectivity index (χ4n) is 1.81. The van der Waals surface area contributed by atoms with Gasteiger partial charge in [0.1, 0.15) is 11.6 Å².